The van der Waals surface area contributed by atoms with E-state index in [2.05, 4.69) is 21.6 Å². The smallest absolute Gasteiger partial charge is 0.338 e. The van der Waals surface area contributed by atoms with E-state index in [9.17, 15) is 23.2 Å². The quantitative estimate of drug-likeness (QED) is 0.419. The van der Waals surface area contributed by atoms with Gasteiger partial charge < -0.3 is 24.8 Å². The molecule has 2 fully saturated rings. The summed E-state index contributed by atoms with van der Waals surface area (Å²) >= 11 is 0. The van der Waals surface area contributed by atoms with Crippen molar-refractivity contribution in [1.82, 2.24) is 20.4 Å². The zero-order valence-corrected chi connectivity index (χ0v) is 25.1. The number of methoxy groups -OCH3 is 3. The first-order chi connectivity index (χ1) is 21.2. The lowest BCUT2D eigenvalue weighted by atomic mass is 9.81. The molecule has 2 heterocycles. The van der Waals surface area contributed by atoms with Crippen LogP contribution in [0.5, 0.6) is 5.75 Å². The predicted molar refractivity (Wildman–Crippen MR) is 157 cm³/mol. The number of carbonyl (C=O) groups excluding carboxylic acids is 3. The van der Waals surface area contributed by atoms with Crippen LogP contribution in [0.3, 0.4) is 0 Å². The summed E-state index contributed by atoms with van der Waals surface area (Å²) in [6.45, 7) is 1.22. The maximum absolute atomic E-state index is 14.4. The Morgan fingerprint density at radius 3 is 2.43 bits per heavy atom. The number of imide groups is 1. The van der Waals surface area contributed by atoms with Gasteiger partial charge in [0.1, 0.15) is 11.8 Å². The lowest BCUT2D eigenvalue weighted by Crippen LogP contribution is -2.56. The topological polar surface area (TPSA) is 109 Å². The molecule has 1 saturated carbocycles. The number of esters is 1. The molecule has 44 heavy (non-hydrogen) atoms. The van der Waals surface area contributed by atoms with Gasteiger partial charge in [-0.2, -0.15) is 0 Å². The van der Waals surface area contributed by atoms with Crippen LogP contribution in [0.15, 0.2) is 53.7 Å². The zero-order chi connectivity index (χ0) is 31.4. The second-order valence-electron chi connectivity index (χ2n) is 11.4. The number of urea groups is 2. The molecule has 4 amide bonds. The van der Waals surface area contributed by atoms with E-state index in [-0.39, 0.29) is 29.5 Å². The van der Waals surface area contributed by atoms with Gasteiger partial charge in [0.05, 0.1) is 32.1 Å². The molecular formula is C32H38F2N4O6. The maximum Gasteiger partial charge on any atom is 0.338 e. The standard InChI is InChI=1S/C32H38F2N4O6/c1-42-18-26-28(30(39)44-3)29(20-10-13-24(33)25(34)16-20)38(32(41)36-26)31(40)35-21-14-15-37(17-21)22-11-8-19(9-12-22)23-6-4-5-7-27(23)43-2/h4-7,10,13,16,19,21-22,29H,8-9,11-12,14-15,17-18H2,1-3H3,(H,35,40)(H,36,41)/t19?,21-,22?,29?/m1/s1. The molecule has 10 nitrogen and oxygen atoms in total. The Labute approximate surface area is 255 Å². The highest BCUT2D eigenvalue weighted by Crippen LogP contribution is 2.40. The molecule has 0 aromatic heterocycles. The third kappa shape index (κ3) is 6.41. The Balaban J connectivity index is 1.30. The van der Waals surface area contributed by atoms with Gasteiger partial charge in [-0.25, -0.2) is 28.1 Å². The number of nitrogens with one attached hydrogen (secondary N) is 2. The van der Waals surface area contributed by atoms with E-state index in [0.717, 1.165) is 62.1 Å². The molecule has 2 aromatic rings. The van der Waals surface area contributed by atoms with Crippen molar-refractivity contribution < 1.29 is 37.4 Å². The van der Waals surface area contributed by atoms with Gasteiger partial charge in [0.2, 0.25) is 0 Å². The van der Waals surface area contributed by atoms with E-state index in [1.54, 1.807) is 7.11 Å². The number of rotatable bonds is 8. The number of nitrogens with zero attached hydrogens (tertiary/aromatic N) is 2. The van der Waals surface area contributed by atoms with Crippen LogP contribution in [0.2, 0.25) is 0 Å². The summed E-state index contributed by atoms with van der Waals surface area (Å²) in [6.07, 6.45) is 4.79. The molecule has 0 spiro atoms. The molecule has 2 aromatic carbocycles. The lowest BCUT2D eigenvalue weighted by molar-refractivity contribution is -0.137. The Bertz CT molecular complexity index is 1430. The van der Waals surface area contributed by atoms with E-state index in [1.807, 2.05) is 18.2 Å². The molecule has 0 radical (unpaired) electrons. The first kappa shape index (κ1) is 31.4. The van der Waals surface area contributed by atoms with E-state index < -0.39 is 35.7 Å². The monoisotopic (exact) mass is 612 g/mol. The van der Waals surface area contributed by atoms with E-state index in [4.69, 9.17) is 14.2 Å². The Hall–Kier alpha value is -4.03. The summed E-state index contributed by atoms with van der Waals surface area (Å²) in [4.78, 5) is 43.2. The second kappa shape index (κ2) is 13.7. The largest absolute Gasteiger partial charge is 0.496 e. The molecule has 1 unspecified atom stereocenters. The van der Waals surface area contributed by atoms with Gasteiger partial charge in [0.25, 0.3) is 0 Å². The number of benzene rings is 2. The fraction of sp³-hybridized carbons (Fsp3) is 0.469. The van der Waals surface area contributed by atoms with Crippen molar-refractivity contribution in [3.05, 3.63) is 76.5 Å². The van der Waals surface area contributed by atoms with Gasteiger partial charge in [-0.1, -0.05) is 24.3 Å². The van der Waals surface area contributed by atoms with Crippen LogP contribution in [-0.2, 0) is 14.3 Å². The summed E-state index contributed by atoms with van der Waals surface area (Å²) in [5.74, 6) is -1.78. The lowest BCUT2D eigenvalue weighted by Gasteiger charge is -2.37. The molecule has 2 aliphatic heterocycles. The third-order valence-electron chi connectivity index (χ3n) is 8.84. The van der Waals surface area contributed by atoms with Gasteiger partial charge in [0, 0.05) is 32.3 Å². The number of ether oxygens (including phenoxy) is 3. The highest BCUT2D eigenvalue weighted by Gasteiger charge is 2.44. The van der Waals surface area contributed by atoms with Gasteiger partial charge in [-0.05, 0) is 67.3 Å². The number of hydrogen-bond donors (Lipinski definition) is 2. The fourth-order valence-electron chi connectivity index (χ4n) is 6.72. The minimum Gasteiger partial charge on any atom is -0.496 e. The van der Waals surface area contributed by atoms with Crippen LogP contribution in [-0.4, -0.2) is 80.9 Å². The Morgan fingerprint density at radius 1 is 1.00 bits per heavy atom. The van der Waals surface area contributed by atoms with Crippen LogP contribution in [0.25, 0.3) is 0 Å². The number of halogens is 2. The van der Waals surface area contributed by atoms with E-state index in [1.165, 1.54) is 18.7 Å². The number of carbonyl (C=O) groups is 3. The van der Waals surface area contributed by atoms with E-state index >= 15 is 0 Å². The average Bonchev–Trinajstić information content (AvgIpc) is 3.50. The molecular weight excluding hydrogens is 574 g/mol. The molecule has 1 aliphatic carbocycles. The number of amides is 4. The summed E-state index contributed by atoms with van der Waals surface area (Å²) in [5.41, 5.74) is 1.22. The molecule has 12 heteroatoms. The van der Waals surface area contributed by atoms with Crippen LogP contribution in [0.1, 0.15) is 55.2 Å². The molecule has 0 bridgehead atoms. The minimum absolute atomic E-state index is 0.0303. The van der Waals surface area contributed by atoms with Crippen molar-refractivity contribution in [3.8, 4) is 5.75 Å². The average molecular weight is 613 g/mol. The van der Waals surface area contributed by atoms with Crippen molar-refractivity contribution in [2.45, 2.75) is 56.1 Å². The number of likely N-dealkylation sites (tertiary alicyclic amines) is 1. The maximum atomic E-state index is 14.4. The van der Waals surface area contributed by atoms with Crippen molar-refractivity contribution in [1.29, 1.82) is 0 Å². The number of hydrogen-bond acceptors (Lipinski definition) is 7. The van der Waals surface area contributed by atoms with Crippen molar-refractivity contribution in [2.75, 3.05) is 41.0 Å². The van der Waals surface area contributed by atoms with Gasteiger partial charge >= 0.3 is 18.0 Å². The van der Waals surface area contributed by atoms with Crippen LogP contribution >= 0.6 is 0 Å². The van der Waals surface area contributed by atoms with E-state index in [0.29, 0.717) is 24.9 Å². The van der Waals surface area contributed by atoms with Crippen LogP contribution in [0, 0.1) is 11.6 Å². The molecule has 1 saturated heterocycles. The zero-order valence-electron chi connectivity index (χ0n) is 25.1. The summed E-state index contributed by atoms with van der Waals surface area (Å²) in [5, 5.41) is 5.49. The van der Waals surface area contributed by atoms with Crippen molar-refractivity contribution >= 4 is 18.0 Å². The van der Waals surface area contributed by atoms with Crippen molar-refractivity contribution in [3.63, 3.8) is 0 Å². The molecule has 3 aliphatic rings. The summed E-state index contributed by atoms with van der Waals surface area (Å²) in [7, 11) is 4.22. The first-order valence-corrected chi connectivity index (χ1v) is 14.8. The molecule has 236 valence electrons. The third-order valence-corrected chi connectivity index (χ3v) is 8.84. The second-order valence-corrected chi connectivity index (χ2v) is 11.4. The fourth-order valence-corrected chi connectivity index (χ4v) is 6.72. The number of para-hydroxylation sites is 1. The SMILES string of the molecule is COCC1=C(C(=O)OC)C(c2ccc(F)c(F)c2)N(C(=O)N[C@@H]2CCN(C3CCC(c4ccccc4OC)CC3)C2)C(=O)N1. The summed E-state index contributed by atoms with van der Waals surface area (Å²) < 4.78 is 43.9. The normalized spacial score (nSPS) is 24.2. The highest BCUT2D eigenvalue weighted by molar-refractivity contribution is 6.01. The van der Waals surface area contributed by atoms with Gasteiger partial charge in [-0.15, -0.1) is 0 Å². The first-order valence-electron chi connectivity index (χ1n) is 14.8. The van der Waals surface area contributed by atoms with Gasteiger partial charge in [0.15, 0.2) is 11.6 Å². The van der Waals surface area contributed by atoms with Crippen LogP contribution < -0.4 is 15.4 Å². The van der Waals surface area contributed by atoms with Gasteiger partial charge in [-0.3, -0.25) is 4.90 Å². The van der Waals surface area contributed by atoms with Crippen molar-refractivity contribution in [2.24, 2.45) is 0 Å². The molecule has 2 atom stereocenters. The Morgan fingerprint density at radius 2 is 1.75 bits per heavy atom. The van der Waals surface area contributed by atoms with Crippen LogP contribution in [0.4, 0.5) is 18.4 Å². The molecule has 5 rings (SSSR count). The Kier molecular flexibility index (Phi) is 9.80. The molecule has 2 N–H and O–H groups in total. The predicted octanol–water partition coefficient (Wildman–Crippen LogP) is 4.62. The highest BCUT2D eigenvalue weighted by atomic mass is 19.2. The summed E-state index contributed by atoms with van der Waals surface area (Å²) in [6, 6.07) is 8.29. The minimum atomic E-state index is -1.38.